The Morgan fingerprint density at radius 2 is 2.10 bits per heavy atom. The second-order valence-corrected chi connectivity index (χ2v) is 8.27. The van der Waals surface area contributed by atoms with Crippen molar-refractivity contribution >= 4 is 23.3 Å². The van der Waals surface area contributed by atoms with Crippen molar-refractivity contribution in [2.45, 2.75) is 44.7 Å². The number of rotatable bonds is 3. The van der Waals surface area contributed by atoms with E-state index >= 15 is 0 Å². The lowest BCUT2D eigenvalue weighted by molar-refractivity contribution is -0.111. The summed E-state index contributed by atoms with van der Waals surface area (Å²) in [5.74, 6) is 1.58. The highest BCUT2D eigenvalue weighted by Gasteiger charge is 2.62. The van der Waals surface area contributed by atoms with Crippen LogP contribution in [0.3, 0.4) is 0 Å². The van der Waals surface area contributed by atoms with Gasteiger partial charge in [0.1, 0.15) is 11.2 Å². The van der Waals surface area contributed by atoms with Gasteiger partial charge in [-0.2, -0.15) is 20.0 Å². The summed E-state index contributed by atoms with van der Waals surface area (Å²) in [5, 5.41) is 15.6. The number of benzene rings is 1. The molecule has 2 amide bonds. The monoisotopic (exact) mass is 413 g/mol. The van der Waals surface area contributed by atoms with E-state index < -0.39 is 5.54 Å². The summed E-state index contributed by atoms with van der Waals surface area (Å²) in [6.45, 7) is 3.98. The molecule has 2 fully saturated rings. The molecule has 29 heavy (non-hydrogen) atoms. The topological polar surface area (TPSA) is 102 Å². The molecule has 3 heterocycles. The van der Waals surface area contributed by atoms with Crippen molar-refractivity contribution in [3.05, 3.63) is 47.3 Å². The van der Waals surface area contributed by atoms with Gasteiger partial charge in [-0.3, -0.25) is 0 Å². The van der Waals surface area contributed by atoms with Crippen molar-refractivity contribution in [2.24, 2.45) is 5.92 Å². The predicted molar refractivity (Wildman–Crippen MR) is 105 cm³/mol. The zero-order chi connectivity index (χ0) is 20.2. The van der Waals surface area contributed by atoms with Crippen LogP contribution in [0.5, 0.6) is 0 Å². The zero-order valence-electron chi connectivity index (χ0n) is 16.0. The Hall–Kier alpha value is -2.94. The minimum Gasteiger partial charge on any atom is -0.337 e. The van der Waals surface area contributed by atoms with Gasteiger partial charge >= 0.3 is 6.03 Å². The largest absolute Gasteiger partial charge is 0.337 e. The summed E-state index contributed by atoms with van der Waals surface area (Å²) in [7, 11) is 0. The van der Waals surface area contributed by atoms with Crippen LogP contribution >= 0.6 is 11.6 Å². The molecule has 0 radical (unpaired) electrons. The molecule has 1 N–H and O–H groups in total. The predicted octanol–water partition coefficient (Wildman–Crippen LogP) is 3.54. The maximum atomic E-state index is 13.2. The van der Waals surface area contributed by atoms with Gasteiger partial charge in [-0.25, -0.2) is 4.79 Å². The highest BCUT2D eigenvalue weighted by Crippen LogP contribution is 2.55. The van der Waals surface area contributed by atoms with Gasteiger partial charge in [0.15, 0.2) is 5.82 Å². The van der Waals surface area contributed by atoms with Gasteiger partial charge < -0.3 is 14.7 Å². The number of hydrogen-bond acceptors (Lipinski definition) is 6. The van der Waals surface area contributed by atoms with E-state index in [0.29, 0.717) is 34.0 Å². The lowest BCUT2D eigenvalue weighted by Gasteiger charge is -2.61. The van der Waals surface area contributed by atoms with Crippen LogP contribution in [0.25, 0.3) is 5.69 Å². The average molecular weight is 414 g/mol. The Labute approximate surface area is 172 Å². The number of nitrogens with zero attached hydrogens (tertiary/aromatic N) is 6. The number of halogens is 1. The van der Waals surface area contributed by atoms with Crippen molar-refractivity contribution < 1.29 is 9.32 Å². The van der Waals surface area contributed by atoms with Crippen LogP contribution in [-0.4, -0.2) is 42.1 Å². The molecule has 3 atom stereocenters. The van der Waals surface area contributed by atoms with Crippen molar-refractivity contribution in [1.29, 1.82) is 0 Å². The van der Waals surface area contributed by atoms with E-state index in [1.165, 1.54) is 4.80 Å². The second kappa shape index (κ2) is 6.55. The third kappa shape index (κ3) is 2.88. The van der Waals surface area contributed by atoms with Gasteiger partial charge in [-0.15, -0.1) is 0 Å². The summed E-state index contributed by atoms with van der Waals surface area (Å²) in [6.07, 6.45) is 5.75. The van der Waals surface area contributed by atoms with Gasteiger partial charge in [0.05, 0.1) is 17.4 Å². The Kier molecular flexibility index (Phi) is 4.09. The SMILES string of the molecule is Cc1noc([C@@]23C[C@H](C)C[C@@H](C2)N3C(=O)Nc2ccc(Cl)c(-n3nccn3)c2)n1. The molecule has 150 valence electrons. The first-order chi connectivity index (χ1) is 14.0. The number of anilines is 1. The van der Waals surface area contributed by atoms with Crippen LogP contribution in [-0.2, 0) is 5.54 Å². The summed E-state index contributed by atoms with van der Waals surface area (Å²) in [5.41, 5.74) is 0.669. The Morgan fingerprint density at radius 1 is 1.31 bits per heavy atom. The first-order valence-electron chi connectivity index (χ1n) is 9.53. The Bertz CT molecular complexity index is 1070. The molecule has 1 aliphatic carbocycles. The van der Waals surface area contributed by atoms with E-state index in [0.717, 1.165) is 19.3 Å². The zero-order valence-corrected chi connectivity index (χ0v) is 16.8. The molecule has 10 heteroatoms. The highest BCUT2D eigenvalue weighted by atomic mass is 35.5. The van der Waals surface area contributed by atoms with E-state index in [1.54, 1.807) is 37.5 Å². The second-order valence-electron chi connectivity index (χ2n) is 7.87. The Balaban J connectivity index is 1.43. The number of hydrogen-bond donors (Lipinski definition) is 1. The normalized spacial score (nSPS) is 25.6. The number of aromatic nitrogens is 5. The van der Waals surface area contributed by atoms with Crippen LogP contribution in [0.2, 0.25) is 5.02 Å². The number of carbonyl (C=O) groups excluding carboxylic acids is 1. The smallest absolute Gasteiger partial charge is 0.323 e. The molecule has 1 saturated heterocycles. The standard InChI is InChI=1S/C19H20ClN7O2/c1-11-7-14-10-19(9-11,17-23-12(2)25-29-17)26(14)18(28)24-13-3-4-15(20)16(8-13)27-21-5-6-22-27/h3-6,8,11,14H,7,9-10H2,1-2H3,(H,24,28)/t11-,14+,19-/m1/s1. The van der Waals surface area contributed by atoms with Gasteiger partial charge in [0.2, 0.25) is 0 Å². The molecule has 1 aromatic carbocycles. The Morgan fingerprint density at radius 3 is 2.83 bits per heavy atom. The number of urea groups is 1. The lowest BCUT2D eigenvalue weighted by Crippen LogP contribution is -2.70. The lowest BCUT2D eigenvalue weighted by atomic mass is 9.64. The van der Waals surface area contributed by atoms with Crippen LogP contribution in [0.1, 0.15) is 37.9 Å². The van der Waals surface area contributed by atoms with E-state index in [2.05, 4.69) is 32.6 Å². The van der Waals surface area contributed by atoms with Gasteiger partial charge in [-0.05, 0) is 43.9 Å². The first kappa shape index (κ1) is 18.1. The molecular formula is C19H20ClN7O2. The van der Waals surface area contributed by atoms with E-state index in [1.807, 2.05) is 4.90 Å². The molecular weight excluding hydrogens is 394 g/mol. The van der Waals surface area contributed by atoms with Crippen LogP contribution in [0.4, 0.5) is 10.5 Å². The molecule has 1 aliphatic heterocycles. The van der Waals surface area contributed by atoms with Crippen LogP contribution in [0, 0.1) is 12.8 Å². The molecule has 5 rings (SSSR count). The maximum Gasteiger partial charge on any atom is 0.323 e. The molecule has 0 unspecified atom stereocenters. The third-order valence-electron chi connectivity index (χ3n) is 5.74. The summed E-state index contributed by atoms with van der Waals surface area (Å²) < 4.78 is 5.49. The third-order valence-corrected chi connectivity index (χ3v) is 6.06. The highest BCUT2D eigenvalue weighted by molar-refractivity contribution is 6.32. The molecule has 1 saturated carbocycles. The van der Waals surface area contributed by atoms with Gasteiger partial charge in [-0.1, -0.05) is 23.7 Å². The first-order valence-corrected chi connectivity index (χ1v) is 9.91. The minimum absolute atomic E-state index is 0.158. The van der Waals surface area contributed by atoms with Crippen molar-refractivity contribution in [2.75, 3.05) is 5.32 Å². The molecule has 9 nitrogen and oxygen atoms in total. The molecule has 2 aliphatic rings. The van der Waals surface area contributed by atoms with E-state index in [9.17, 15) is 4.79 Å². The molecule has 0 spiro atoms. The van der Waals surface area contributed by atoms with Crippen molar-refractivity contribution in [3.63, 3.8) is 0 Å². The number of fused-ring (bicyclic) bond motifs is 2. The fourth-order valence-corrected chi connectivity index (χ4v) is 4.90. The number of aryl methyl sites for hydroxylation is 1. The molecule has 2 aromatic heterocycles. The van der Waals surface area contributed by atoms with Crippen molar-refractivity contribution in [1.82, 2.24) is 30.0 Å². The fraction of sp³-hybridized carbons (Fsp3) is 0.421. The van der Waals surface area contributed by atoms with Crippen LogP contribution in [0.15, 0.2) is 35.1 Å². The fourth-order valence-electron chi connectivity index (χ4n) is 4.70. The van der Waals surface area contributed by atoms with Crippen molar-refractivity contribution in [3.8, 4) is 5.69 Å². The van der Waals surface area contributed by atoms with Gasteiger partial charge in [0, 0.05) is 18.2 Å². The summed E-state index contributed by atoms with van der Waals surface area (Å²) in [4.78, 5) is 21.0. The summed E-state index contributed by atoms with van der Waals surface area (Å²) >= 11 is 6.27. The summed E-state index contributed by atoms with van der Waals surface area (Å²) in [6, 6.07) is 5.19. The van der Waals surface area contributed by atoms with Crippen LogP contribution < -0.4 is 5.32 Å². The van der Waals surface area contributed by atoms with E-state index in [4.69, 9.17) is 16.1 Å². The number of carbonyl (C=O) groups is 1. The maximum absolute atomic E-state index is 13.2. The van der Waals surface area contributed by atoms with Gasteiger partial charge in [0.25, 0.3) is 5.89 Å². The minimum atomic E-state index is -0.535. The average Bonchev–Trinajstić information content (AvgIpc) is 3.34. The van der Waals surface area contributed by atoms with E-state index in [-0.39, 0.29) is 12.1 Å². The number of nitrogens with one attached hydrogen (secondary N) is 1. The molecule has 2 bridgehead atoms. The number of likely N-dealkylation sites (tertiary alicyclic amines) is 1. The number of amides is 2. The quantitative estimate of drug-likeness (QED) is 0.704. The molecule has 3 aromatic rings. The number of piperidine rings is 1.